The van der Waals surface area contributed by atoms with Crippen LogP contribution in [0.3, 0.4) is 0 Å². The normalized spacial score (nSPS) is 11.0. The lowest BCUT2D eigenvalue weighted by molar-refractivity contribution is -0.118. The molecule has 7 heteroatoms. The molecule has 0 heterocycles. The number of Topliss-reactive ketones (excluding diaryl/α,β-unsaturated/α-hetero) is 1. The van der Waals surface area contributed by atoms with Crippen molar-refractivity contribution in [1.82, 2.24) is 5.32 Å². The van der Waals surface area contributed by atoms with Gasteiger partial charge in [-0.05, 0) is 12.1 Å². The predicted octanol–water partition coefficient (Wildman–Crippen LogP) is 0.684. The average molecular weight is 290 g/mol. The fourth-order valence-corrected chi connectivity index (χ4v) is 2.67. The first-order valence-electron chi connectivity index (χ1n) is 5.04. The van der Waals surface area contributed by atoms with Gasteiger partial charge in [0.05, 0.1) is 0 Å². The number of halogens is 1. The maximum atomic E-state index is 11.7. The van der Waals surface area contributed by atoms with Gasteiger partial charge in [0.25, 0.3) is 0 Å². The van der Waals surface area contributed by atoms with Gasteiger partial charge in [-0.1, -0.05) is 23.7 Å². The van der Waals surface area contributed by atoms with Crippen molar-refractivity contribution < 1.29 is 18.0 Å². The Bertz CT molecular complexity index is 568. The molecule has 0 fully saturated rings. The van der Waals surface area contributed by atoms with E-state index in [-0.39, 0.29) is 5.56 Å². The minimum atomic E-state index is -3.76. The lowest BCUT2D eigenvalue weighted by Crippen LogP contribution is -2.30. The molecule has 0 aliphatic heterocycles. The molecule has 0 radical (unpaired) electrons. The van der Waals surface area contributed by atoms with Crippen molar-refractivity contribution in [1.29, 1.82) is 0 Å². The van der Waals surface area contributed by atoms with Crippen LogP contribution in [0.25, 0.3) is 0 Å². The van der Waals surface area contributed by atoms with E-state index in [2.05, 4.69) is 5.32 Å². The molecule has 1 rings (SSSR count). The van der Waals surface area contributed by atoms with Crippen LogP contribution in [-0.4, -0.2) is 38.7 Å². The van der Waals surface area contributed by atoms with Crippen molar-refractivity contribution in [3.05, 3.63) is 34.9 Å². The highest BCUT2D eigenvalue weighted by molar-refractivity contribution is 7.92. The number of benzene rings is 1. The van der Waals surface area contributed by atoms with Gasteiger partial charge in [-0.2, -0.15) is 0 Å². The predicted molar refractivity (Wildman–Crippen MR) is 68.5 cm³/mol. The standard InChI is InChI=1S/C11H12ClNO4S/c1-13-11(15)7-18(16,17)6-10(14)8-3-2-4-9(12)5-8/h2-5H,6-7H2,1H3,(H,13,15). The molecule has 1 N–H and O–H groups in total. The number of hydrogen-bond donors (Lipinski definition) is 1. The fraction of sp³-hybridized carbons (Fsp3) is 0.273. The van der Waals surface area contributed by atoms with E-state index >= 15 is 0 Å². The fourth-order valence-electron chi connectivity index (χ4n) is 1.27. The van der Waals surface area contributed by atoms with E-state index in [1.807, 2.05) is 0 Å². The van der Waals surface area contributed by atoms with Crippen LogP contribution in [0.15, 0.2) is 24.3 Å². The molecule has 0 aliphatic carbocycles. The third kappa shape index (κ3) is 4.46. The quantitative estimate of drug-likeness (QED) is 0.809. The molecular formula is C11H12ClNO4S. The van der Waals surface area contributed by atoms with Gasteiger partial charge in [-0.25, -0.2) is 8.42 Å². The molecule has 1 aromatic carbocycles. The van der Waals surface area contributed by atoms with Crippen molar-refractivity contribution in [2.24, 2.45) is 0 Å². The van der Waals surface area contributed by atoms with Gasteiger partial charge >= 0.3 is 0 Å². The number of nitrogens with one attached hydrogen (secondary N) is 1. The van der Waals surface area contributed by atoms with Crippen molar-refractivity contribution >= 4 is 33.1 Å². The second-order valence-corrected chi connectivity index (χ2v) is 6.14. The molecule has 0 aromatic heterocycles. The second kappa shape index (κ2) is 5.97. The molecule has 0 unspecified atom stereocenters. The summed E-state index contributed by atoms with van der Waals surface area (Å²) in [5, 5.41) is 2.54. The number of carbonyl (C=O) groups is 2. The van der Waals surface area contributed by atoms with Crippen molar-refractivity contribution in [2.45, 2.75) is 0 Å². The Hall–Kier alpha value is -1.40. The third-order valence-corrected chi connectivity index (χ3v) is 3.77. The van der Waals surface area contributed by atoms with Gasteiger partial charge in [-0.15, -0.1) is 0 Å². The van der Waals surface area contributed by atoms with E-state index < -0.39 is 33.0 Å². The summed E-state index contributed by atoms with van der Waals surface area (Å²) < 4.78 is 23.1. The summed E-state index contributed by atoms with van der Waals surface area (Å²) >= 11 is 5.70. The van der Waals surface area contributed by atoms with Crippen LogP contribution >= 0.6 is 11.6 Å². The SMILES string of the molecule is CNC(=O)CS(=O)(=O)CC(=O)c1cccc(Cl)c1. The van der Waals surface area contributed by atoms with Crippen LogP contribution < -0.4 is 5.32 Å². The smallest absolute Gasteiger partial charge is 0.234 e. The Morgan fingerprint density at radius 3 is 2.50 bits per heavy atom. The van der Waals surface area contributed by atoms with Crippen LogP contribution in [0, 0.1) is 0 Å². The maximum absolute atomic E-state index is 11.7. The minimum Gasteiger partial charge on any atom is -0.358 e. The van der Waals surface area contributed by atoms with E-state index in [0.29, 0.717) is 5.02 Å². The Labute approximate surface area is 110 Å². The Kier molecular flexibility index (Phi) is 4.86. The highest BCUT2D eigenvalue weighted by Gasteiger charge is 2.21. The Morgan fingerprint density at radius 2 is 1.94 bits per heavy atom. The summed E-state index contributed by atoms with van der Waals surface area (Å²) in [4.78, 5) is 22.7. The maximum Gasteiger partial charge on any atom is 0.234 e. The van der Waals surface area contributed by atoms with Crippen molar-refractivity contribution in [3.8, 4) is 0 Å². The van der Waals surface area contributed by atoms with Gasteiger partial charge in [0, 0.05) is 17.6 Å². The molecule has 1 amide bonds. The first-order valence-corrected chi connectivity index (χ1v) is 7.24. The van der Waals surface area contributed by atoms with Crippen molar-refractivity contribution in [2.75, 3.05) is 18.6 Å². The van der Waals surface area contributed by atoms with Crippen LogP contribution in [0.2, 0.25) is 5.02 Å². The Morgan fingerprint density at radius 1 is 1.28 bits per heavy atom. The monoisotopic (exact) mass is 289 g/mol. The molecule has 5 nitrogen and oxygen atoms in total. The molecule has 0 atom stereocenters. The zero-order valence-electron chi connectivity index (χ0n) is 9.64. The van der Waals surface area contributed by atoms with E-state index in [4.69, 9.17) is 11.6 Å². The highest BCUT2D eigenvalue weighted by Crippen LogP contribution is 2.12. The number of rotatable bonds is 5. The third-order valence-electron chi connectivity index (χ3n) is 2.13. The van der Waals surface area contributed by atoms with Crippen LogP contribution in [0.1, 0.15) is 10.4 Å². The molecule has 1 aromatic rings. The van der Waals surface area contributed by atoms with Crippen molar-refractivity contribution in [3.63, 3.8) is 0 Å². The van der Waals surface area contributed by atoms with Gasteiger partial charge in [0.2, 0.25) is 5.91 Å². The van der Waals surface area contributed by atoms with Gasteiger partial charge in [-0.3, -0.25) is 9.59 Å². The molecule has 0 bridgehead atoms. The number of amides is 1. The van der Waals surface area contributed by atoms with Gasteiger partial charge < -0.3 is 5.32 Å². The van der Waals surface area contributed by atoms with E-state index in [1.165, 1.54) is 19.2 Å². The summed E-state index contributed by atoms with van der Waals surface area (Å²) in [6, 6.07) is 6.00. The summed E-state index contributed by atoms with van der Waals surface area (Å²) in [5.41, 5.74) is 0.211. The molecule has 0 aliphatic rings. The molecule has 0 spiro atoms. The van der Waals surface area contributed by atoms with E-state index in [9.17, 15) is 18.0 Å². The Balaban J connectivity index is 2.79. The first kappa shape index (κ1) is 14.7. The largest absolute Gasteiger partial charge is 0.358 e. The number of ketones is 1. The molecule has 18 heavy (non-hydrogen) atoms. The molecule has 0 saturated carbocycles. The van der Waals surface area contributed by atoms with Crippen LogP contribution in [0.5, 0.6) is 0 Å². The average Bonchev–Trinajstić information content (AvgIpc) is 2.27. The van der Waals surface area contributed by atoms with Gasteiger partial charge in [0.15, 0.2) is 15.6 Å². The van der Waals surface area contributed by atoms with E-state index in [1.54, 1.807) is 12.1 Å². The van der Waals surface area contributed by atoms with E-state index in [0.717, 1.165) is 0 Å². The zero-order valence-corrected chi connectivity index (χ0v) is 11.2. The number of sulfone groups is 1. The lowest BCUT2D eigenvalue weighted by atomic mass is 10.1. The number of carbonyl (C=O) groups excluding carboxylic acids is 2. The van der Waals surface area contributed by atoms with Crippen LogP contribution in [0.4, 0.5) is 0 Å². The molecular weight excluding hydrogens is 278 g/mol. The minimum absolute atomic E-state index is 0.211. The summed E-state index contributed by atoms with van der Waals surface area (Å²) in [5.74, 6) is -2.63. The van der Waals surface area contributed by atoms with Crippen LogP contribution in [-0.2, 0) is 14.6 Å². The molecule has 0 saturated heterocycles. The molecule has 98 valence electrons. The summed E-state index contributed by atoms with van der Waals surface area (Å²) in [7, 11) is -2.43. The lowest BCUT2D eigenvalue weighted by Gasteiger charge is -2.03. The second-order valence-electron chi connectivity index (χ2n) is 3.64. The van der Waals surface area contributed by atoms with Gasteiger partial charge in [0.1, 0.15) is 11.5 Å². The summed E-state index contributed by atoms with van der Waals surface area (Å²) in [6.45, 7) is 0. The topological polar surface area (TPSA) is 80.3 Å². The zero-order chi connectivity index (χ0) is 13.8. The summed E-state index contributed by atoms with van der Waals surface area (Å²) in [6.07, 6.45) is 0. The first-order chi connectivity index (χ1) is 8.34. The number of hydrogen-bond acceptors (Lipinski definition) is 4. The highest BCUT2D eigenvalue weighted by atomic mass is 35.5.